The van der Waals surface area contributed by atoms with Gasteiger partial charge in [0.15, 0.2) is 12.1 Å². The van der Waals surface area contributed by atoms with E-state index in [2.05, 4.69) is 5.32 Å². The van der Waals surface area contributed by atoms with Crippen LogP contribution in [-0.2, 0) is 4.79 Å². The zero-order chi connectivity index (χ0) is 8.69. The molecule has 0 amide bonds. The Hall–Kier alpha value is -1.12. The number of aldehydes is 1. The number of hydrogen-bond donors (Lipinski definition) is 1. The third-order valence-corrected chi connectivity index (χ3v) is 1.24. The molecule has 11 heavy (non-hydrogen) atoms. The monoisotopic (exact) mass is 157 g/mol. The quantitative estimate of drug-likeness (QED) is 0.381. The first-order valence-electron chi connectivity index (χ1n) is 3.43. The van der Waals surface area contributed by atoms with E-state index >= 15 is 0 Å². The van der Waals surface area contributed by atoms with Gasteiger partial charge in [-0.25, -0.2) is 4.39 Å². The zero-order valence-corrected chi connectivity index (χ0v) is 6.73. The van der Waals surface area contributed by atoms with Gasteiger partial charge in [-0.15, -0.1) is 0 Å². The molecule has 1 N–H and O–H groups in total. The second kappa shape index (κ2) is 5.65. The van der Waals surface area contributed by atoms with Gasteiger partial charge in [0.2, 0.25) is 0 Å². The molecule has 3 heteroatoms. The minimum Gasteiger partial charge on any atom is -0.394 e. The first-order chi connectivity index (χ1) is 5.26. The van der Waals surface area contributed by atoms with E-state index in [9.17, 15) is 9.18 Å². The summed E-state index contributed by atoms with van der Waals surface area (Å²) in [6.07, 6.45) is 3.87. The summed E-state index contributed by atoms with van der Waals surface area (Å²) in [6, 6.07) is 0. The van der Waals surface area contributed by atoms with Crippen molar-refractivity contribution in [1.29, 1.82) is 0 Å². The van der Waals surface area contributed by atoms with Gasteiger partial charge in [0.1, 0.15) is 0 Å². The van der Waals surface area contributed by atoms with Crippen LogP contribution in [0, 0.1) is 0 Å². The molecule has 0 aliphatic rings. The summed E-state index contributed by atoms with van der Waals surface area (Å²) in [5.41, 5.74) is 0.411. The number of hydrogen-bond acceptors (Lipinski definition) is 2. The fraction of sp³-hybridized carbons (Fsp3) is 0.375. The third kappa shape index (κ3) is 3.55. The third-order valence-electron chi connectivity index (χ3n) is 1.24. The maximum absolute atomic E-state index is 12.6. The van der Waals surface area contributed by atoms with Crippen molar-refractivity contribution in [3.63, 3.8) is 0 Å². The van der Waals surface area contributed by atoms with Crippen LogP contribution in [0.5, 0.6) is 0 Å². The van der Waals surface area contributed by atoms with E-state index < -0.39 is 5.83 Å². The Morgan fingerprint density at radius 1 is 1.64 bits per heavy atom. The Bertz CT molecular complexity index is 185. The van der Waals surface area contributed by atoms with E-state index in [4.69, 9.17) is 0 Å². The fourth-order valence-electron chi connectivity index (χ4n) is 0.626. The highest BCUT2D eigenvalue weighted by Gasteiger charge is 1.97. The smallest absolute Gasteiger partial charge is 0.178 e. The lowest BCUT2D eigenvalue weighted by molar-refractivity contribution is -0.106. The number of nitrogens with one attached hydrogen (secondary N) is 1. The zero-order valence-electron chi connectivity index (χ0n) is 6.73. The Labute approximate surface area is 65.8 Å². The molecule has 0 saturated heterocycles. The van der Waals surface area contributed by atoms with E-state index in [0.29, 0.717) is 12.0 Å². The van der Waals surface area contributed by atoms with Gasteiger partial charge in [-0.05, 0) is 24.3 Å². The van der Waals surface area contributed by atoms with Crippen LogP contribution in [0.1, 0.15) is 13.3 Å². The summed E-state index contributed by atoms with van der Waals surface area (Å²) >= 11 is 0. The van der Waals surface area contributed by atoms with Crippen LogP contribution in [-0.4, -0.2) is 13.3 Å². The Morgan fingerprint density at radius 3 is 2.64 bits per heavy atom. The van der Waals surface area contributed by atoms with Gasteiger partial charge >= 0.3 is 0 Å². The largest absolute Gasteiger partial charge is 0.394 e. The molecule has 0 saturated carbocycles. The molecule has 0 unspecified atom stereocenters. The van der Waals surface area contributed by atoms with Crippen molar-refractivity contribution in [3.8, 4) is 0 Å². The molecular weight excluding hydrogens is 145 g/mol. The molecule has 2 nitrogen and oxygen atoms in total. The summed E-state index contributed by atoms with van der Waals surface area (Å²) < 4.78 is 12.6. The number of carbonyl (C=O) groups is 1. The Kier molecular flexibility index (Phi) is 5.07. The lowest BCUT2D eigenvalue weighted by Gasteiger charge is -1.95. The average molecular weight is 157 g/mol. The number of allylic oxidation sites excluding steroid dienone is 3. The summed E-state index contributed by atoms with van der Waals surface area (Å²) in [4.78, 5) is 9.98. The van der Waals surface area contributed by atoms with Crippen molar-refractivity contribution in [2.45, 2.75) is 13.3 Å². The van der Waals surface area contributed by atoms with Crippen LogP contribution in [0.3, 0.4) is 0 Å². The average Bonchev–Trinajstić information content (AvgIpc) is 2.05. The molecular formula is C8H12FNO. The second-order valence-electron chi connectivity index (χ2n) is 1.97. The Balaban J connectivity index is 4.38. The molecule has 0 aromatic heterocycles. The molecule has 62 valence electrons. The van der Waals surface area contributed by atoms with Crippen LogP contribution in [0.25, 0.3) is 0 Å². The highest BCUT2D eigenvalue weighted by molar-refractivity contribution is 5.72. The molecule has 0 heterocycles. The number of rotatable bonds is 4. The van der Waals surface area contributed by atoms with Gasteiger partial charge < -0.3 is 5.32 Å². The van der Waals surface area contributed by atoms with Crippen molar-refractivity contribution < 1.29 is 9.18 Å². The lowest BCUT2D eigenvalue weighted by Crippen LogP contribution is -1.93. The van der Waals surface area contributed by atoms with E-state index in [1.54, 1.807) is 26.2 Å². The first-order valence-corrected chi connectivity index (χ1v) is 3.43. The predicted octanol–water partition coefficient (Wildman–Crippen LogP) is 1.55. The summed E-state index contributed by atoms with van der Waals surface area (Å²) in [7, 11) is 1.71. The molecule has 0 fully saturated rings. The van der Waals surface area contributed by atoms with Crippen LogP contribution < -0.4 is 5.32 Å². The van der Waals surface area contributed by atoms with Gasteiger partial charge in [0.05, 0.1) is 0 Å². The predicted molar refractivity (Wildman–Crippen MR) is 42.7 cm³/mol. The summed E-state index contributed by atoms with van der Waals surface area (Å²) in [5.74, 6) is -0.695. The maximum atomic E-state index is 12.6. The lowest BCUT2D eigenvalue weighted by atomic mass is 10.2. The van der Waals surface area contributed by atoms with Crippen molar-refractivity contribution in [2.75, 3.05) is 7.05 Å². The standard InChI is InChI=1S/C8H12FNO/c1-3-7(4-5-10-2)8(9)6-11/h4-6,10H,3H2,1-2H3/b5-4-,8-7+. The van der Waals surface area contributed by atoms with Crippen LogP contribution in [0.4, 0.5) is 4.39 Å². The van der Waals surface area contributed by atoms with E-state index in [-0.39, 0.29) is 6.29 Å². The Morgan fingerprint density at radius 2 is 2.27 bits per heavy atom. The van der Waals surface area contributed by atoms with Crippen molar-refractivity contribution >= 4 is 6.29 Å². The summed E-state index contributed by atoms with van der Waals surface area (Å²) in [5, 5.41) is 2.71. The minimum absolute atomic E-state index is 0.221. The van der Waals surface area contributed by atoms with Gasteiger partial charge in [-0.2, -0.15) is 0 Å². The van der Waals surface area contributed by atoms with Crippen molar-refractivity contribution in [3.05, 3.63) is 23.7 Å². The topological polar surface area (TPSA) is 29.1 Å². The van der Waals surface area contributed by atoms with Crippen molar-refractivity contribution in [2.24, 2.45) is 0 Å². The molecule has 0 spiro atoms. The molecule has 0 bridgehead atoms. The molecule has 0 aromatic carbocycles. The normalized spacial score (nSPS) is 13.0. The molecule has 0 radical (unpaired) electrons. The van der Waals surface area contributed by atoms with Crippen LogP contribution in [0.2, 0.25) is 0 Å². The van der Waals surface area contributed by atoms with Crippen LogP contribution >= 0.6 is 0 Å². The van der Waals surface area contributed by atoms with E-state index in [0.717, 1.165) is 0 Å². The highest BCUT2D eigenvalue weighted by Crippen LogP contribution is 2.08. The molecule has 0 rings (SSSR count). The van der Waals surface area contributed by atoms with Crippen LogP contribution in [0.15, 0.2) is 23.7 Å². The molecule has 0 aliphatic carbocycles. The van der Waals surface area contributed by atoms with Gasteiger partial charge in [0, 0.05) is 7.05 Å². The van der Waals surface area contributed by atoms with Crippen molar-refractivity contribution in [1.82, 2.24) is 5.32 Å². The molecule has 0 aliphatic heterocycles. The van der Waals surface area contributed by atoms with E-state index in [1.807, 2.05) is 0 Å². The van der Waals surface area contributed by atoms with E-state index in [1.165, 1.54) is 0 Å². The van der Waals surface area contributed by atoms with Gasteiger partial charge in [-0.1, -0.05) is 6.92 Å². The first kappa shape index (κ1) is 9.88. The van der Waals surface area contributed by atoms with Gasteiger partial charge in [-0.3, -0.25) is 4.79 Å². The molecule has 0 aromatic rings. The summed E-state index contributed by atoms with van der Waals surface area (Å²) in [6.45, 7) is 1.79. The van der Waals surface area contributed by atoms with Gasteiger partial charge in [0.25, 0.3) is 0 Å². The maximum Gasteiger partial charge on any atom is 0.178 e. The SMILES string of the molecule is CCC(/C=C\NC)=C(\F)C=O. The minimum atomic E-state index is -0.695. The molecule has 0 atom stereocenters. The number of carbonyl (C=O) groups excluding carboxylic acids is 1. The highest BCUT2D eigenvalue weighted by atomic mass is 19.1. The fourth-order valence-corrected chi connectivity index (χ4v) is 0.626. The number of halogens is 1. The second-order valence-corrected chi connectivity index (χ2v) is 1.97.